The molecule has 2 rings (SSSR count). The summed E-state index contributed by atoms with van der Waals surface area (Å²) in [6.07, 6.45) is -11.9. The first-order valence-electron chi connectivity index (χ1n) is 9.50. The second-order valence-corrected chi connectivity index (χ2v) is 9.20. The van der Waals surface area contributed by atoms with E-state index >= 15 is 0 Å². The number of thiophene rings is 1. The van der Waals surface area contributed by atoms with E-state index in [4.69, 9.17) is 4.74 Å². The Hall–Kier alpha value is -2.55. The summed E-state index contributed by atoms with van der Waals surface area (Å²) in [6.45, 7) is 3.27. The van der Waals surface area contributed by atoms with Crippen molar-refractivity contribution in [3.05, 3.63) is 31.3 Å². The molecule has 0 aliphatic carbocycles. The highest BCUT2D eigenvalue weighted by Crippen LogP contribution is 2.29. The Morgan fingerprint density at radius 1 is 1.03 bits per heavy atom. The largest absolute Gasteiger partial charge is 0.443 e. The number of alkyl halides is 6. The molecule has 2 aromatic heterocycles. The number of halogens is 6. The van der Waals surface area contributed by atoms with Crippen LogP contribution in [-0.4, -0.2) is 33.2 Å². The van der Waals surface area contributed by atoms with Crippen molar-refractivity contribution >= 4 is 27.6 Å². The van der Waals surface area contributed by atoms with Crippen molar-refractivity contribution in [2.24, 2.45) is 0 Å². The summed E-state index contributed by atoms with van der Waals surface area (Å²) in [5, 5.41) is -0.292. The highest BCUT2D eigenvalue weighted by molar-refractivity contribution is 7.18. The highest BCUT2D eigenvalue weighted by atomic mass is 32.1. The molecule has 2 aromatic rings. The van der Waals surface area contributed by atoms with E-state index in [2.05, 4.69) is 10.9 Å². The number of amides is 1. The SMILES string of the molecule is Cc1c(CNNC(=O)OC(C)(C)C)sc2c1c(=O)n(CC(F)(F)F)c(=O)n2CCC(F)(F)F. The first-order chi connectivity index (χ1) is 14.9. The Morgan fingerprint density at radius 2 is 1.64 bits per heavy atom. The molecule has 33 heavy (non-hydrogen) atoms. The molecular formula is C18H22F6N4O4S. The van der Waals surface area contributed by atoms with Gasteiger partial charge in [0, 0.05) is 18.0 Å². The lowest BCUT2D eigenvalue weighted by molar-refractivity contribution is -0.143. The second-order valence-electron chi connectivity index (χ2n) is 8.12. The number of hydrogen-bond acceptors (Lipinski definition) is 6. The number of ether oxygens (including phenoxy) is 1. The molecule has 8 nitrogen and oxygen atoms in total. The minimum atomic E-state index is -4.94. The maximum absolute atomic E-state index is 12.9. The van der Waals surface area contributed by atoms with Gasteiger partial charge in [-0.05, 0) is 33.3 Å². The molecule has 2 heterocycles. The van der Waals surface area contributed by atoms with Gasteiger partial charge in [-0.15, -0.1) is 11.3 Å². The Morgan fingerprint density at radius 3 is 2.15 bits per heavy atom. The van der Waals surface area contributed by atoms with Crippen LogP contribution in [0, 0.1) is 6.92 Å². The average molecular weight is 504 g/mol. The molecule has 0 saturated heterocycles. The molecule has 0 aliphatic heterocycles. The monoisotopic (exact) mass is 504 g/mol. The molecule has 0 aliphatic rings. The van der Waals surface area contributed by atoms with Crippen LogP contribution in [0.2, 0.25) is 0 Å². The first-order valence-corrected chi connectivity index (χ1v) is 10.3. The van der Waals surface area contributed by atoms with Gasteiger partial charge in [0.2, 0.25) is 0 Å². The van der Waals surface area contributed by atoms with Gasteiger partial charge in [0.25, 0.3) is 5.56 Å². The zero-order valence-corrected chi connectivity index (χ0v) is 18.8. The zero-order chi connectivity index (χ0) is 25.4. The van der Waals surface area contributed by atoms with Crippen LogP contribution in [0.15, 0.2) is 9.59 Å². The third-order valence-corrected chi connectivity index (χ3v) is 5.50. The number of hydrogen-bond donors (Lipinski definition) is 2. The molecule has 0 unspecified atom stereocenters. The number of nitrogens with one attached hydrogen (secondary N) is 2. The van der Waals surface area contributed by atoms with Crippen molar-refractivity contribution in [3.8, 4) is 0 Å². The third-order valence-electron chi connectivity index (χ3n) is 4.19. The number of aromatic nitrogens is 2. The number of carbonyl (C=O) groups excluding carboxylic acids is 1. The molecule has 0 spiro atoms. The minimum Gasteiger partial charge on any atom is -0.443 e. The van der Waals surface area contributed by atoms with E-state index in [0.29, 0.717) is 9.44 Å². The van der Waals surface area contributed by atoms with E-state index in [1.54, 1.807) is 20.8 Å². The topological polar surface area (TPSA) is 94.4 Å². The Balaban J connectivity index is 2.49. The fourth-order valence-electron chi connectivity index (χ4n) is 2.86. The molecule has 0 bridgehead atoms. The van der Waals surface area contributed by atoms with Gasteiger partial charge >= 0.3 is 24.1 Å². The van der Waals surface area contributed by atoms with Gasteiger partial charge in [0.05, 0.1) is 11.8 Å². The van der Waals surface area contributed by atoms with Gasteiger partial charge in [-0.1, -0.05) is 0 Å². The van der Waals surface area contributed by atoms with E-state index in [1.165, 1.54) is 6.92 Å². The van der Waals surface area contributed by atoms with Crippen molar-refractivity contribution in [3.63, 3.8) is 0 Å². The fraction of sp³-hybridized carbons (Fsp3) is 0.611. The summed E-state index contributed by atoms with van der Waals surface area (Å²) in [6, 6.07) is 0. The third kappa shape index (κ3) is 7.22. The Kier molecular flexibility index (Phi) is 7.58. The summed E-state index contributed by atoms with van der Waals surface area (Å²) >= 11 is 0.767. The van der Waals surface area contributed by atoms with Crippen molar-refractivity contribution in [2.45, 2.75) is 71.7 Å². The lowest BCUT2D eigenvalue weighted by Gasteiger charge is -2.19. The summed E-state index contributed by atoms with van der Waals surface area (Å²) in [7, 11) is 0. The normalized spacial score (nSPS) is 12.9. The summed E-state index contributed by atoms with van der Waals surface area (Å²) in [4.78, 5) is 37.1. The molecule has 15 heteroatoms. The number of nitrogens with zero attached hydrogens (tertiary/aromatic N) is 2. The molecule has 186 valence electrons. The summed E-state index contributed by atoms with van der Waals surface area (Å²) in [5.41, 5.74) is 1.41. The van der Waals surface area contributed by atoms with Crippen molar-refractivity contribution in [1.29, 1.82) is 0 Å². The molecule has 0 atom stereocenters. The maximum atomic E-state index is 12.9. The lowest BCUT2D eigenvalue weighted by atomic mass is 10.2. The van der Waals surface area contributed by atoms with Gasteiger partial charge in [-0.25, -0.2) is 15.0 Å². The average Bonchev–Trinajstić information content (AvgIpc) is 2.92. The first kappa shape index (κ1) is 26.7. The molecule has 1 amide bonds. The lowest BCUT2D eigenvalue weighted by Crippen LogP contribution is -2.43. The highest BCUT2D eigenvalue weighted by Gasteiger charge is 2.33. The van der Waals surface area contributed by atoms with Gasteiger partial charge in [-0.2, -0.15) is 26.3 Å². The number of rotatable bonds is 6. The predicted octanol–water partition coefficient (Wildman–Crippen LogP) is 3.58. The van der Waals surface area contributed by atoms with Crippen LogP contribution in [0.3, 0.4) is 0 Å². The van der Waals surface area contributed by atoms with Crippen molar-refractivity contribution in [1.82, 2.24) is 20.0 Å². The molecule has 0 radical (unpaired) electrons. The molecule has 2 N–H and O–H groups in total. The quantitative estimate of drug-likeness (QED) is 0.464. The van der Waals surface area contributed by atoms with E-state index in [9.17, 15) is 40.7 Å². The second kappa shape index (κ2) is 9.37. The minimum absolute atomic E-state index is 0.116. The molecular weight excluding hydrogens is 482 g/mol. The van der Waals surface area contributed by atoms with Crippen molar-refractivity contribution in [2.75, 3.05) is 0 Å². The van der Waals surface area contributed by atoms with Crippen LogP contribution >= 0.6 is 11.3 Å². The number of aryl methyl sites for hydroxylation is 2. The maximum Gasteiger partial charge on any atom is 0.422 e. The fourth-order valence-corrected chi connectivity index (χ4v) is 4.12. The van der Waals surface area contributed by atoms with Crippen LogP contribution in [0.25, 0.3) is 10.2 Å². The van der Waals surface area contributed by atoms with E-state index < -0.39 is 54.8 Å². The van der Waals surface area contributed by atoms with Gasteiger partial charge in [-0.3, -0.25) is 19.4 Å². The van der Waals surface area contributed by atoms with Crippen molar-refractivity contribution < 1.29 is 35.9 Å². The summed E-state index contributed by atoms with van der Waals surface area (Å²) in [5.74, 6) is 0. The van der Waals surface area contributed by atoms with Gasteiger partial charge < -0.3 is 4.74 Å². The van der Waals surface area contributed by atoms with Crippen LogP contribution in [0.4, 0.5) is 31.1 Å². The number of hydrazine groups is 1. The standard InChI is InChI=1S/C18H22F6N4O4S/c1-9-10(7-25-26-14(30)32-16(2,3)4)33-13-11(9)12(29)28(8-18(22,23)24)15(31)27(13)6-5-17(19,20)21/h25H,5-8H2,1-4H3,(H,26,30). The van der Waals surface area contributed by atoms with E-state index in [1.807, 2.05) is 0 Å². The van der Waals surface area contributed by atoms with Gasteiger partial charge in [0.15, 0.2) is 0 Å². The molecule has 0 fully saturated rings. The van der Waals surface area contributed by atoms with E-state index in [0.717, 1.165) is 11.3 Å². The number of fused-ring (bicyclic) bond motifs is 1. The predicted molar refractivity (Wildman–Crippen MR) is 108 cm³/mol. The van der Waals surface area contributed by atoms with Crippen LogP contribution in [0.5, 0.6) is 0 Å². The van der Waals surface area contributed by atoms with Crippen LogP contribution in [0.1, 0.15) is 37.6 Å². The number of carbonyl (C=O) groups is 1. The van der Waals surface area contributed by atoms with Gasteiger partial charge in [0.1, 0.15) is 17.0 Å². The zero-order valence-electron chi connectivity index (χ0n) is 18.0. The van der Waals surface area contributed by atoms with E-state index in [-0.39, 0.29) is 26.9 Å². The summed E-state index contributed by atoms with van der Waals surface area (Å²) < 4.78 is 82.4. The molecule has 0 saturated carbocycles. The Bertz CT molecular complexity index is 1140. The van der Waals surface area contributed by atoms with Crippen LogP contribution in [-0.2, 0) is 24.4 Å². The Labute approximate surface area is 187 Å². The molecule has 0 aromatic carbocycles. The van der Waals surface area contributed by atoms with Crippen LogP contribution < -0.4 is 22.1 Å². The smallest absolute Gasteiger partial charge is 0.422 e.